The molecule has 0 saturated heterocycles. The normalized spacial score (nSPS) is 13.0. The van der Waals surface area contributed by atoms with Gasteiger partial charge in [-0.05, 0) is 12.5 Å². The quantitative estimate of drug-likeness (QED) is 0.232. The van der Waals surface area contributed by atoms with Gasteiger partial charge >= 0.3 is 0 Å². The number of aliphatic hydroxyl groups excluding tert-OH is 2. The fraction of sp³-hybridized carbons (Fsp3) is 0.900. The summed E-state index contributed by atoms with van der Waals surface area (Å²) in [5, 5.41) is 17.9. The third-order valence-corrected chi connectivity index (χ3v) is 4.41. The first-order chi connectivity index (χ1) is 10.8. The molecule has 1 unspecified atom stereocenters. The summed E-state index contributed by atoms with van der Waals surface area (Å²) in [5.41, 5.74) is 0. The first-order valence-electron chi connectivity index (χ1n) is 9.80. The lowest BCUT2D eigenvalue weighted by atomic mass is 10.0. The van der Waals surface area contributed by atoms with Crippen LogP contribution in [0.15, 0.2) is 12.3 Å². The number of unbranched alkanes of at least 4 members (excludes halogenated alkanes) is 14. The van der Waals surface area contributed by atoms with E-state index in [1.807, 2.05) is 0 Å². The third kappa shape index (κ3) is 17.6. The van der Waals surface area contributed by atoms with Gasteiger partial charge in [0.05, 0.1) is 12.4 Å². The smallest absolute Gasteiger partial charge is 0.0777 e. The van der Waals surface area contributed by atoms with Crippen LogP contribution in [-0.2, 0) is 0 Å². The molecule has 0 saturated carbocycles. The SMILES string of the molecule is CCCCCCCCCCCCCCCCCC(O)C=CO. The molecule has 0 aromatic heterocycles. The summed E-state index contributed by atoms with van der Waals surface area (Å²) >= 11 is 0. The van der Waals surface area contributed by atoms with Gasteiger partial charge in [0.15, 0.2) is 0 Å². The van der Waals surface area contributed by atoms with Crippen molar-refractivity contribution in [2.24, 2.45) is 0 Å². The predicted octanol–water partition coefficient (Wildman–Crippen LogP) is 6.68. The van der Waals surface area contributed by atoms with Crippen LogP contribution < -0.4 is 0 Å². The summed E-state index contributed by atoms with van der Waals surface area (Å²) in [7, 11) is 0. The molecule has 0 bridgehead atoms. The summed E-state index contributed by atoms with van der Waals surface area (Å²) in [4.78, 5) is 0. The molecule has 132 valence electrons. The van der Waals surface area contributed by atoms with Crippen molar-refractivity contribution in [1.82, 2.24) is 0 Å². The Bertz CT molecular complexity index is 226. The third-order valence-electron chi connectivity index (χ3n) is 4.41. The van der Waals surface area contributed by atoms with E-state index in [2.05, 4.69) is 6.92 Å². The second kappa shape index (κ2) is 18.5. The molecule has 0 radical (unpaired) electrons. The van der Waals surface area contributed by atoms with Crippen molar-refractivity contribution >= 4 is 0 Å². The second-order valence-electron chi connectivity index (χ2n) is 6.65. The largest absolute Gasteiger partial charge is 0.516 e. The minimum absolute atomic E-state index is 0.466. The van der Waals surface area contributed by atoms with Crippen LogP contribution in [0.4, 0.5) is 0 Å². The van der Waals surface area contributed by atoms with Crippen LogP contribution in [0.25, 0.3) is 0 Å². The van der Waals surface area contributed by atoms with E-state index >= 15 is 0 Å². The molecular formula is C20H40O2. The molecule has 0 aliphatic rings. The predicted molar refractivity (Wildman–Crippen MR) is 97.3 cm³/mol. The molecule has 0 aliphatic carbocycles. The van der Waals surface area contributed by atoms with Gasteiger partial charge in [0.25, 0.3) is 0 Å². The van der Waals surface area contributed by atoms with Crippen molar-refractivity contribution in [3.8, 4) is 0 Å². The van der Waals surface area contributed by atoms with Gasteiger partial charge in [-0.25, -0.2) is 0 Å². The summed E-state index contributed by atoms with van der Waals surface area (Å²) in [6.45, 7) is 2.28. The minimum atomic E-state index is -0.466. The highest BCUT2D eigenvalue weighted by molar-refractivity contribution is 4.81. The lowest BCUT2D eigenvalue weighted by Gasteiger charge is -2.05. The van der Waals surface area contributed by atoms with Gasteiger partial charge in [0.1, 0.15) is 0 Å². The van der Waals surface area contributed by atoms with Crippen molar-refractivity contribution < 1.29 is 10.2 Å². The van der Waals surface area contributed by atoms with Crippen molar-refractivity contribution in [3.05, 3.63) is 12.3 Å². The summed E-state index contributed by atoms with van der Waals surface area (Å²) in [5.74, 6) is 0. The van der Waals surface area contributed by atoms with Gasteiger partial charge in [0.2, 0.25) is 0 Å². The number of hydrogen-bond donors (Lipinski definition) is 2. The number of rotatable bonds is 17. The highest BCUT2D eigenvalue weighted by Crippen LogP contribution is 2.14. The second-order valence-corrected chi connectivity index (χ2v) is 6.65. The van der Waals surface area contributed by atoms with Crippen molar-refractivity contribution in [2.75, 3.05) is 0 Å². The van der Waals surface area contributed by atoms with Gasteiger partial charge < -0.3 is 10.2 Å². The standard InChI is InChI=1S/C20H40O2/c1-2-3-4-5-6-7-8-9-10-11-12-13-14-15-16-17-20(22)18-19-21/h18-22H,2-17H2,1H3. The van der Waals surface area contributed by atoms with E-state index in [1.165, 1.54) is 96.0 Å². The summed E-state index contributed by atoms with van der Waals surface area (Å²) in [6.07, 6.45) is 23.1. The van der Waals surface area contributed by atoms with E-state index in [1.54, 1.807) is 0 Å². The Morgan fingerprint density at radius 3 is 1.36 bits per heavy atom. The Kier molecular flexibility index (Phi) is 18.1. The Morgan fingerprint density at radius 2 is 1.00 bits per heavy atom. The zero-order chi connectivity index (χ0) is 16.3. The Hall–Kier alpha value is -0.500. The molecular weight excluding hydrogens is 272 g/mol. The molecule has 0 rings (SSSR count). The average Bonchev–Trinajstić information content (AvgIpc) is 2.51. The molecule has 0 aromatic carbocycles. The average molecular weight is 313 g/mol. The zero-order valence-corrected chi connectivity index (χ0v) is 14.9. The maximum Gasteiger partial charge on any atom is 0.0777 e. The highest BCUT2D eigenvalue weighted by atomic mass is 16.3. The van der Waals surface area contributed by atoms with Crippen LogP contribution in [0.3, 0.4) is 0 Å². The van der Waals surface area contributed by atoms with Crippen LogP contribution in [0, 0.1) is 0 Å². The van der Waals surface area contributed by atoms with Crippen molar-refractivity contribution in [2.45, 2.75) is 116 Å². The fourth-order valence-electron chi connectivity index (χ4n) is 2.92. The monoisotopic (exact) mass is 312 g/mol. The number of aliphatic hydroxyl groups is 2. The fourth-order valence-corrected chi connectivity index (χ4v) is 2.92. The molecule has 0 spiro atoms. The number of hydrogen-bond acceptors (Lipinski definition) is 2. The maximum atomic E-state index is 9.41. The molecule has 22 heavy (non-hydrogen) atoms. The van der Waals surface area contributed by atoms with E-state index in [4.69, 9.17) is 5.11 Å². The van der Waals surface area contributed by atoms with E-state index in [-0.39, 0.29) is 0 Å². The Balaban J connectivity index is 3.02. The van der Waals surface area contributed by atoms with Crippen LogP contribution in [0.2, 0.25) is 0 Å². The molecule has 2 heteroatoms. The van der Waals surface area contributed by atoms with Gasteiger partial charge in [-0.2, -0.15) is 0 Å². The van der Waals surface area contributed by atoms with Crippen molar-refractivity contribution in [3.63, 3.8) is 0 Å². The van der Waals surface area contributed by atoms with Crippen molar-refractivity contribution in [1.29, 1.82) is 0 Å². The van der Waals surface area contributed by atoms with E-state index in [9.17, 15) is 5.11 Å². The lowest BCUT2D eigenvalue weighted by molar-refractivity contribution is 0.205. The van der Waals surface area contributed by atoms with Crippen LogP contribution >= 0.6 is 0 Å². The summed E-state index contributed by atoms with van der Waals surface area (Å²) in [6, 6.07) is 0. The first-order valence-corrected chi connectivity index (χ1v) is 9.80. The molecule has 1 atom stereocenters. The molecule has 0 aliphatic heterocycles. The van der Waals surface area contributed by atoms with Gasteiger partial charge in [-0.15, -0.1) is 0 Å². The maximum absolute atomic E-state index is 9.41. The molecule has 0 amide bonds. The lowest BCUT2D eigenvalue weighted by Crippen LogP contribution is -2.01. The van der Waals surface area contributed by atoms with E-state index in [0.29, 0.717) is 0 Å². The highest BCUT2D eigenvalue weighted by Gasteiger charge is 1.98. The van der Waals surface area contributed by atoms with Gasteiger partial charge in [0, 0.05) is 0 Å². The molecule has 2 N–H and O–H groups in total. The van der Waals surface area contributed by atoms with Gasteiger partial charge in [-0.3, -0.25) is 0 Å². The van der Waals surface area contributed by atoms with E-state index < -0.39 is 6.10 Å². The Labute approximate surface area is 139 Å². The molecule has 0 fully saturated rings. The molecule has 0 heterocycles. The van der Waals surface area contributed by atoms with Crippen LogP contribution in [-0.4, -0.2) is 16.3 Å². The topological polar surface area (TPSA) is 40.5 Å². The molecule has 2 nitrogen and oxygen atoms in total. The van der Waals surface area contributed by atoms with Crippen LogP contribution in [0.5, 0.6) is 0 Å². The Morgan fingerprint density at radius 1 is 0.636 bits per heavy atom. The minimum Gasteiger partial charge on any atom is -0.516 e. The zero-order valence-electron chi connectivity index (χ0n) is 14.9. The van der Waals surface area contributed by atoms with Gasteiger partial charge in [-0.1, -0.05) is 103 Å². The summed E-state index contributed by atoms with van der Waals surface area (Å²) < 4.78 is 0. The van der Waals surface area contributed by atoms with Crippen LogP contribution in [0.1, 0.15) is 110 Å². The molecule has 0 aromatic rings. The first kappa shape index (κ1) is 21.5. The van der Waals surface area contributed by atoms with E-state index in [0.717, 1.165) is 19.1 Å².